The van der Waals surface area contributed by atoms with Crippen molar-refractivity contribution in [2.75, 3.05) is 23.3 Å². The number of methoxy groups -OCH3 is 1. The minimum Gasteiger partial charge on any atom is -0.495 e. The van der Waals surface area contributed by atoms with E-state index in [-0.39, 0.29) is 16.3 Å². The second-order valence-corrected chi connectivity index (χ2v) is 8.80. The fourth-order valence-corrected chi connectivity index (χ4v) is 4.52. The number of nitrogens with one attached hydrogen (secondary N) is 1. The van der Waals surface area contributed by atoms with E-state index in [1.807, 2.05) is 19.1 Å². The van der Waals surface area contributed by atoms with Gasteiger partial charge in [0.05, 0.1) is 17.7 Å². The number of para-hydroxylation sites is 1. The van der Waals surface area contributed by atoms with Gasteiger partial charge in [-0.3, -0.25) is 9.10 Å². The number of carbonyl (C=O) groups excluding carboxylic acids is 1. The molecule has 0 saturated carbocycles. The molecular weight excluding hydrogens is 424 g/mol. The molecule has 0 heterocycles. The molecule has 0 fully saturated rings. The lowest BCUT2D eigenvalue weighted by Crippen LogP contribution is -2.38. The monoisotopic (exact) mass is 444 g/mol. The first-order valence-corrected chi connectivity index (χ1v) is 10.9. The quantitative estimate of drug-likeness (QED) is 0.582. The number of anilines is 2. The van der Waals surface area contributed by atoms with Crippen LogP contribution in [0.3, 0.4) is 0 Å². The number of hydrogen-bond donors (Lipinski definition) is 1. The second-order valence-electron chi connectivity index (χ2n) is 6.50. The summed E-state index contributed by atoms with van der Waals surface area (Å²) in [4.78, 5) is 12.9. The van der Waals surface area contributed by atoms with Crippen molar-refractivity contribution in [3.05, 3.63) is 83.4 Å². The van der Waals surface area contributed by atoms with Crippen LogP contribution < -0.4 is 14.4 Å². The summed E-state index contributed by atoms with van der Waals surface area (Å²) < 4.78 is 33.2. The van der Waals surface area contributed by atoms with Crippen molar-refractivity contribution in [3.8, 4) is 5.75 Å². The third kappa shape index (κ3) is 4.75. The van der Waals surface area contributed by atoms with Gasteiger partial charge in [0.25, 0.3) is 10.0 Å². The molecule has 0 aliphatic rings. The molecule has 3 aromatic rings. The predicted octanol–water partition coefficient (Wildman–Crippen LogP) is 4.49. The van der Waals surface area contributed by atoms with Crippen LogP contribution in [0.25, 0.3) is 0 Å². The van der Waals surface area contributed by atoms with Gasteiger partial charge in [-0.25, -0.2) is 8.42 Å². The molecule has 0 spiro atoms. The number of hydrogen-bond acceptors (Lipinski definition) is 4. The molecule has 3 rings (SSSR count). The number of amides is 1. The van der Waals surface area contributed by atoms with Gasteiger partial charge >= 0.3 is 0 Å². The van der Waals surface area contributed by atoms with Crippen molar-refractivity contribution in [1.82, 2.24) is 0 Å². The molecule has 3 aromatic carbocycles. The summed E-state index contributed by atoms with van der Waals surface area (Å²) in [5.41, 5.74) is 1.65. The van der Waals surface area contributed by atoms with Gasteiger partial charge in [-0.2, -0.15) is 0 Å². The molecule has 0 bridgehead atoms. The highest BCUT2D eigenvalue weighted by molar-refractivity contribution is 7.92. The van der Waals surface area contributed by atoms with E-state index >= 15 is 0 Å². The van der Waals surface area contributed by atoms with Crippen LogP contribution in [0.4, 0.5) is 11.4 Å². The Morgan fingerprint density at radius 3 is 2.37 bits per heavy atom. The van der Waals surface area contributed by atoms with Gasteiger partial charge in [-0.15, -0.1) is 0 Å². The molecule has 1 amide bonds. The van der Waals surface area contributed by atoms with E-state index in [0.29, 0.717) is 10.7 Å². The third-order valence-corrected chi connectivity index (χ3v) is 6.46. The van der Waals surface area contributed by atoms with Crippen molar-refractivity contribution in [2.24, 2.45) is 0 Å². The van der Waals surface area contributed by atoms with E-state index < -0.39 is 22.5 Å². The molecule has 0 aliphatic carbocycles. The first-order valence-electron chi connectivity index (χ1n) is 9.09. The molecule has 1 N–H and O–H groups in total. The smallest absolute Gasteiger partial charge is 0.264 e. The topological polar surface area (TPSA) is 75.7 Å². The van der Waals surface area contributed by atoms with Crippen molar-refractivity contribution >= 4 is 38.9 Å². The van der Waals surface area contributed by atoms with E-state index in [4.69, 9.17) is 16.3 Å². The third-order valence-electron chi connectivity index (χ3n) is 4.45. The van der Waals surface area contributed by atoms with Crippen LogP contribution in [0.1, 0.15) is 5.56 Å². The summed E-state index contributed by atoms with van der Waals surface area (Å²) in [6.45, 7) is 1.40. The first kappa shape index (κ1) is 21.7. The van der Waals surface area contributed by atoms with E-state index in [2.05, 4.69) is 5.32 Å². The summed E-state index contributed by atoms with van der Waals surface area (Å²) in [5, 5.41) is 3.09. The average molecular weight is 445 g/mol. The Hall–Kier alpha value is -3.03. The Kier molecular flexibility index (Phi) is 6.64. The Balaban J connectivity index is 2.03. The maximum absolute atomic E-state index is 13.4. The van der Waals surface area contributed by atoms with Crippen LogP contribution in [0.15, 0.2) is 77.7 Å². The van der Waals surface area contributed by atoms with Crippen LogP contribution in [-0.4, -0.2) is 28.0 Å². The maximum atomic E-state index is 13.4. The van der Waals surface area contributed by atoms with Gasteiger partial charge in [-0.1, -0.05) is 48.0 Å². The van der Waals surface area contributed by atoms with Crippen molar-refractivity contribution in [1.29, 1.82) is 0 Å². The normalized spacial score (nSPS) is 11.0. The predicted molar refractivity (Wildman–Crippen MR) is 119 cm³/mol. The molecule has 0 atom stereocenters. The molecule has 6 nitrogen and oxygen atoms in total. The Bertz CT molecular complexity index is 1150. The highest BCUT2D eigenvalue weighted by Crippen LogP contribution is 2.34. The molecule has 8 heteroatoms. The van der Waals surface area contributed by atoms with Crippen LogP contribution in [0, 0.1) is 6.92 Å². The summed E-state index contributed by atoms with van der Waals surface area (Å²) in [6, 6.07) is 19.8. The van der Waals surface area contributed by atoms with Crippen molar-refractivity contribution in [3.63, 3.8) is 0 Å². The molecule has 30 heavy (non-hydrogen) atoms. The van der Waals surface area contributed by atoms with E-state index in [0.717, 1.165) is 9.87 Å². The molecule has 0 unspecified atom stereocenters. The minimum absolute atomic E-state index is 0.0516. The molecule has 0 radical (unpaired) electrons. The van der Waals surface area contributed by atoms with Crippen molar-refractivity contribution in [2.45, 2.75) is 11.8 Å². The van der Waals surface area contributed by atoms with Crippen LogP contribution in [0.2, 0.25) is 5.02 Å². The van der Waals surface area contributed by atoms with Gasteiger partial charge in [-0.05, 0) is 48.9 Å². The highest BCUT2D eigenvalue weighted by Gasteiger charge is 2.29. The number of carbonyl (C=O) groups is 1. The molecule has 0 aliphatic heterocycles. The van der Waals surface area contributed by atoms with Crippen LogP contribution in [-0.2, 0) is 14.8 Å². The van der Waals surface area contributed by atoms with Gasteiger partial charge in [0.15, 0.2) is 0 Å². The lowest BCUT2D eigenvalue weighted by molar-refractivity contribution is -0.114. The maximum Gasteiger partial charge on any atom is 0.264 e. The number of rotatable bonds is 7. The summed E-state index contributed by atoms with van der Waals surface area (Å²) in [6.07, 6.45) is 0. The van der Waals surface area contributed by atoms with Gasteiger partial charge in [0, 0.05) is 10.7 Å². The zero-order chi connectivity index (χ0) is 21.7. The molecule has 156 valence electrons. The zero-order valence-corrected chi connectivity index (χ0v) is 18.1. The van der Waals surface area contributed by atoms with Crippen LogP contribution in [0.5, 0.6) is 5.75 Å². The highest BCUT2D eigenvalue weighted by atomic mass is 35.5. The fourth-order valence-electron chi connectivity index (χ4n) is 2.91. The summed E-state index contributed by atoms with van der Waals surface area (Å²) in [5.74, 6) is -0.214. The number of sulfonamides is 1. The lowest BCUT2D eigenvalue weighted by Gasteiger charge is -2.26. The zero-order valence-electron chi connectivity index (χ0n) is 16.5. The van der Waals surface area contributed by atoms with Crippen molar-refractivity contribution < 1.29 is 17.9 Å². The van der Waals surface area contributed by atoms with Crippen LogP contribution >= 0.6 is 11.6 Å². The Labute approximate surface area is 181 Å². The SMILES string of the molecule is COc1ccc(Cl)cc1N(CC(=O)Nc1ccccc1C)S(=O)(=O)c1ccccc1. The molecule has 0 saturated heterocycles. The number of aryl methyl sites for hydroxylation is 1. The summed E-state index contributed by atoms with van der Waals surface area (Å²) >= 11 is 6.12. The van der Waals surface area contributed by atoms with Gasteiger partial charge < -0.3 is 10.1 Å². The Morgan fingerprint density at radius 2 is 1.70 bits per heavy atom. The largest absolute Gasteiger partial charge is 0.495 e. The standard InChI is InChI=1S/C22H21ClN2O4S/c1-16-8-6-7-11-19(16)24-22(26)15-25(20-14-17(23)12-13-21(20)29-2)30(27,28)18-9-4-3-5-10-18/h3-14H,15H2,1-2H3,(H,24,26). The summed E-state index contributed by atoms with van der Waals surface area (Å²) in [7, 11) is -2.64. The number of benzene rings is 3. The minimum atomic E-state index is -4.07. The number of halogens is 1. The first-order chi connectivity index (χ1) is 14.3. The lowest BCUT2D eigenvalue weighted by atomic mass is 10.2. The van der Waals surface area contributed by atoms with Gasteiger partial charge in [0.2, 0.25) is 5.91 Å². The fraction of sp³-hybridized carbons (Fsp3) is 0.136. The second kappa shape index (κ2) is 9.19. The number of nitrogens with zero attached hydrogens (tertiary/aromatic N) is 1. The Morgan fingerprint density at radius 1 is 1.03 bits per heavy atom. The van der Waals surface area contributed by atoms with E-state index in [1.54, 1.807) is 42.5 Å². The average Bonchev–Trinajstić information content (AvgIpc) is 2.74. The number of ether oxygens (including phenoxy) is 1. The molecular formula is C22H21ClN2O4S. The molecule has 0 aromatic heterocycles. The van der Waals surface area contributed by atoms with Gasteiger partial charge in [0.1, 0.15) is 12.3 Å². The van der Waals surface area contributed by atoms with E-state index in [9.17, 15) is 13.2 Å². The van der Waals surface area contributed by atoms with E-state index in [1.165, 1.54) is 25.3 Å².